The smallest absolute Gasteiger partial charge is 0.339 e. The van der Waals surface area contributed by atoms with E-state index in [1.54, 1.807) is 0 Å². The summed E-state index contributed by atoms with van der Waals surface area (Å²) in [5, 5.41) is 30.6. The lowest BCUT2D eigenvalue weighted by Crippen LogP contribution is -2.12. The minimum Gasteiger partial charge on any atom is -0.507 e. The average Bonchev–Trinajstić information content (AvgIpc) is 2.43. The van der Waals surface area contributed by atoms with Crippen LogP contribution in [0.3, 0.4) is 0 Å². The van der Waals surface area contributed by atoms with Crippen LogP contribution in [-0.4, -0.2) is 27.2 Å². The Labute approximate surface area is 127 Å². The monoisotopic (exact) mass is 351 g/mol. The summed E-state index contributed by atoms with van der Waals surface area (Å²) in [6, 6.07) is 8.21. The summed E-state index contributed by atoms with van der Waals surface area (Å²) in [7, 11) is 0. The molecule has 0 aromatic heterocycles. The molecule has 0 atom stereocenters. The molecule has 7 heteroatoms. The number of carbonyl (C=O) groups excluding carboxylic acids is 1. The van der Waals surface area contributed by atoms with Crippen LogP contribution in [0.15, 0.2) is 40.9 Å². The van der Waals surface area contributed by atoms with Crippen molar-refractivity contribution < 1.29 is 24.9 Å². The molecule has 0 fully saturated rings. The quantitative estimate of drug-likeness (QED) is 0.636. The molecule has 0 aliphatic heterocycles. The Bertz CT molecular complexity index is 729. The SMILES string of the molecule is O=C(Nc1cccc(C(=O)O)c1O)c1ccc(Br)c(O)c1. The van der Waals surface area contributed by atoms with Crippen LogP contribution >= 0.6 is 15.9 Å². The number of phenolic OH excluding ortho intramolecular Hbond substituents is 1. The number of hydrogen-bond acceptors (Lipinski definition) is 4. The summed E-state index contributed by atoms with van der Waals surface area (Å²) < 4.78 is 0.440. The summed E-state index contributed by atoms with van der Waals surface area (Å²) in [6.45, 7) is 0. The van der Waals surface area contributed by atoms with Crippen LogP contribution in [0.2, 0.25) is 0 Å². The lowest BCUT2D eigenvalue weighted by molar-refractivity contribution is 0.0693. The molecule has 0 saturated heterocycles. The third-order valence-electron chi connectivity index (χ3n) is 2.72. The standard InChI is InChI=1S/C14H10BrNO5/c15-9-5-4-7(6-11(9)17)13(19)16-10-3-1-2-8(12(10)18)14(20)21/h1-6,17-18H,(H,16,19)(H,20,21). The Morgan fingerprint density at radius 3 is 2.43 bits per heavy atom. The van der Waals surface area contributed by atoms with Crippen molar-refractivity contribution in [3.05, 3.63) is 52.0 Å². The van der Waals surface area contributed by atoms with Gasteiger partial charge in [-0.25, -0.2) is 4.79 Å². The average molecular weight is 352 g/mol. The maximum atomic E-state index is 12.0. The topological polar surface area (TPSA) is 107 Å². The second kappa shape index (κ2) is 5.84. The normalized spacial score (nSPS) is 10.1. The number of anilines is 1. The summed E-state index contributed by atoms with van der Waals surface area (Å²) in [5.41, 5.74) is -0.176. The Morgan fingerprint density at radius 1 is 1.10 bits per heavy atom. The van der Waals surface area contributed by atoms with E-state index in [2.05, 4.69) is 21.2 Å². The summed E-state index contributed by atoms with van der Waals surface area (Å²) in [5.74, 6) is -2.52. The molecule has 0 unspecified atom stereocenters. The first-order chi connectivity index (χ1) is 9.90. The molecule has 0 heterocycles. The molecule has 0 saturated carbocycles. The van der Waals surface area contributed by atoms with Crippen molar-refractivity contribution in [2.24, 2.45) is 0 Å². The van der Waals surface area contributed by atoms with Gasteiger partial charge in [0.2, 0.25) is 0 Å². The van der Waals surface area contributed by atoms with E-state index in [1.165, 1.54) is 36.4 Å². The molecule has 1 amide bonds. The van der Waals surface area contributed by atoms with Gasteiger partial charge in [0.25, 0.3) is 5.91 Å². The fraction of sp³-hybridized carbons (Fsp3) is 0. The van der Waals surface area contributed by atoms with Gasteiger partial charge in [-0.3, -0.25) is 4.79 Å². The highest BCUT2D eigenvalue weighted by molar-refractivity contribution is 9.10. The number of phenols is 2. The highest BCUT2D eigenvalue weighted by atomic mass is 79.9. The fourth-order valence-corrected chi connectivity index (χ4v) is 1.91. The van der Waals surface area contributed by atoms with E-state index in [4.69, 9.17) is 5.11 Å². The number of amides is 1. The maximum Gasteiger partial charge on any atom is 0.339 e. The number of aromatic carboxylic acids is 1. The van der Waals surface area contributed by atoms with E-state index < -0.39 is 17.6 Å². The van der Waals surface area contributed by atoms with E-state index >= 15 is 0 Å². The molecule has 0 spiro atoms. The first kappa shape index (κ1) is 14.9. The van der Waals surface area contributed by atoms with Crippen LogP contribution in [0.1, 0.15) is 20.7 Å². The van der Waals surface area contributed by atoms with Gasteiger partial charge in [0.15, 0.2) is 5.75 Å². The van der Waals surface area contributed by atoms with Crippen molar-refractivity contribution in [2.75, 3.05) is 5.32 Å². The molecule has 0 aliphatic carbocycles. The van der Waals surface area contributed by atoms with Crippen LogP contribution in [0.25, 0.3) is 0 Å². The molecule has 0 bridgehead atoms. The van der Waals surface area contributed by atoms with Gasteiger partial charge in [-0.05, 0) is 46.3 Å². The summed E-state index contributed by atoms with van der Waals surface area (Å²) in [6.07, 6.45) is 0. The summed E-state index contributed by atoms with van der Waals surface area (Å²) >= 11 is 3.10. The second-order valence-electron chi connectivity index (χ2n) is 4.13. The number of nitrogens with one attached hydrogen (secondary N) is 1. The van der Waals surface area contributed by atoms with Crippen molar-refractivity contribution in [2.45, 2.75) is 0 Å². The van der Waals surface area contributed by atoms with Crippen molar-refractivity contribution in [3.63, 3.8) is 0 Å². The van der Waals surface area contributed by atoms with Crippen molar-refractivity contribution in [1.29, 1.82) is 0 Å². The molecular weight excluding hydrogens is 342 g/mol. The Kier molecular flexibility index (Phi) is 4.13. The maximum absolute atomic E-state index is 12.0. The lowest BCUT2D eigenvalue weighted by atomic mass is 10.1. The van der Waals surface area contributed by atoms with Crippen LogP contribution < -0.4 is 5.32 Å². The predicted molar refractivity (Wildman–Crippen MR) is 78.8 cm³/mol. The second-order valence-corrected chi connectivity index (χ2v) is 4.98. The van der Waals surface area contributed by atoms with E-state index in [-0.39, 0.29) is 22.6 Å². The van der Waals surface area contributed by atoms with Gasteiger partial charge in [0.1, 0.15) is 11.3 Å². The largest absolute Gasteiger partial charge is 0.507 e. The molecule has 2 rings (SSSR count). The van der Waals surface area contributed by atoms with Gasteiger partial charge in [0.05, 0.1) is 10.2 Å². The summed E-state index contributed by atoms with van der Waals surface area (Å²) in [4.78, 5) is 22.9. The molecule has 0 aliphatic rings. The zero-order chi connectivity index (χ0) is 15.6. The fourth-order valence-electron chi connectivity index (χ4n) is 1.67. The number of rotatable bonds is 3. The molecule has 4 N–H and O–H groups in total. The number of aromatic hydroxyl groups is 2. The molecule has 2 aromatic carbocycles. The third kappa shape index (κ3) is 3.14. The van der Waals surface area contributed by atoms with Gasteiger partial charge in [-0.1, -0.05) is 6.07 Å². The number of halogens is 1. The van der Waals surface area contributed by atoms with Gasteiger partial charge >= 0.3 is 5.97 Å². The predicted octanol–water partition coefficient (Wildman–Crippen LogP) is 2.81. The van der Waals surface area contributed by atoms with Crippen LogP contribution in [0.5, 0.6) is 11.5 Å². The number of para-hydroxylation sites is 1. The highest BCUT2D eigenvalue weighted by Crippen LogP contribution is 2.29. The zero-order valence-electron chi connectivity index (χ0n) is 10.5. The number of benzene rings is 2. The van der Waals surface area contributed by atoms with E-state index in [0.29, 0.717) is 4.47 Å². The van der Waals surface area contributed by atoms with E-state index in [0.717, 1.165) is 0 Å². The van der Waals surface area contributed by atoms with Crippen LogP contribution in [0, 0.1) is 0 Å². The third-order valence-corrected chi connectivity index (χ3v) is 3.39. The minimum atomic E-state index is -1.30. The minimum absolute atomic E-state index is 0.0256. The molecule has 2 aromatic rings. The van der Waals surface area contributed by atoms with Gasteiger partial charge < -0.3 is 20.6 Å². The molecule has 108 valence electrons. The highest BCUT2D eigenvalue weighted by Gasteiger charge is 2.15. The van der Waals surface area contributed by atoms with Gasteiger partial charge in [-0.15, -0.1) is 0 Å². The van der Waals surface area contributed by atoms with Crippen LogP contribution in [0.4, 0.5) is 5.69 Å². The molecule has 0 radical (unpaired) electrons. The van der Waals surface area contributed by atoms with Crippen LogP contribution in [-0.2, 0) is 0 Å². The Balaban J connectivity index is 2.29. The number of carboxylic acid groups (broad SMARTS) is 1. The first-order valence-electron chi connectivity index (χ1n) is 5.75. The van der Waals surface area contributed by atoms with Crippen molar-refractivity contribution in [1.82, 2.24) is 0 Å². The van der Waals surface area contributed by atoms with E-state index in [9.17, 15) is 19.8 Å². The Morgan fingerprint density at radius 2 is 1.81 bits per heavy atom. The number of hydrogen-bond donors (Lipinski definition) is 4. The van der Waals surface area contributed by atoms with Gasteiger partial charge in [0, 0.05) is 5.56 Å². The van der Waals surface area contributed by atoms with Gasteiger partial charge in [-0.2, -0.15) is 0 Å². The van der Waals surface area contributed by atoms with E-state index in [1.807, 2.05) is 0 Å². The molecule has 6 nitrogen and oxygen atoms in total. The van der Waals surface area contributed by atoms with Crippen molar-refractivity contribution >= 4 is 33.5 Å². The number of carbonyl (C=O) groups is 2. The molecular formula is C14H10BrNO5. The molecule has 21 heavy (non-hydrogen) atoms. The Hall–Kier alpha value is -2.54. The first-order valence-corrected chi connectivity index (χ1v) is 6.54. The van der Waals surface area contributed by atoms with Crippen molar-refractivity contribution in [3.8, 4) is 11.5 Å². The number of carboxylic acids is 1. The zero-order valence-corrected chi connectivity index (χ0v) is 12.1. The lowest BCUT2D eigenvalue weighted by Gasteiger charge is -2.09.